The molecule has 0 saturated carbocycles. The zero-order valence-electron chi connectivity index (χ0n) is 17.9. The molecule has 0 spiro atoms. The lowest BCUT2D eigenvalue weighted by Gasteiger charge is -2.36. The van der Waals surface area contributed by atoms with Gasteiger partial charge in [-0.25, -0.2) is 14.8 Å². The van der Waals surface area contributed by atoms with Crippen molar-refractivity contribution in [2.24, 2.45) is 0 Å². The monoisotopic (exact) mass is 487 g/mol. The summed E-state index contributed by atoms with van der Waals surface area (Å²) in [6, 6.07) is 10.9. The number of carbonyl (C=O) groups excluding carboxylic acids is 3. The smallest absolute Gasteiger partial charge is 0.342 e. The minimum atomic E-state index is -0.550. The molecule has 172 valence electrons. The maximum absolute atomic E-state index is 12.8. The molecule has 33 heavy (non-hydrogen) atoms. The third-order valence-corrected chi connectivity index (χ3v) is 6.84. The van der Waals surface area contributed by atoms with Crippen LogP contribution in [0.15, 0.2) is 36.4 Å². The molecule has 0 radical (unpaired) electrons. The molecule has 3 aliphatic heterocycles. The molecule has 2 aromatic rings. The van der Waals surface area contributed by atoms with Gasteiger partial charge in [0, 0.05) is 49.7 Å². The lowest BCUT2D eigenvalue weighted by atomic mass is 10.1. The molecule has 4 amide bonds. The molecule has 0 bridgehead atoms. The highest BCUT2D eigenvalue weighted by molar-refractivity contribution is 6.36. The Morgan fingerprint density at radius 2 is 1.67 bits per heavy atom. The normalized spacial score (nSPS) is 19.2. The molecular weight excluding hydrogens is 465 g/mol. The van der Waals surface area contributed by atoms with E-state index >= 15 is 0 Å². The Hall–Kier alpha value is -2.81. The number of rotatable bonds is 4. The van der Waals surface area contributed by atoms with Gasteiger partial charge in [-0.15, -0.1) is 0 Å². The Balaban J connectivity index is 1.21. The van der Waals surface area contributed by atoms with Gasteiger partial charge in [-0.2, -0.15) is 0 Å². The van der Waals surface area contributed by atoms with Crippen LogP contribution in [0.3, 0.4) is 0 Å². The van der Waals surface area contributed by atoms with E-state index in [2.05, 4.69) is 15.1 Å². The summed E-state index contributed by atoms with van der Waals surface area (Å²) in [5, 5.41) is 6.31. The fourth-order valence-corrected chi connectivity index (χ4v) is 5.11. The van der Waals surface area contributed by atoms with Gasteiger partial charge in [0.2, 0.25) is 5.91 Å². The van der Waals surface area contributed by atoms with Crippen LogP contribution in [0.2, 0.25) is 10.0 Å². The molecule has 8 nitrogen and oxygen atoms in total. The highest BCUT2D eigenvalue weighted by Crippen LogP contribution is 2.30. The summed E-state index contributed by atoms with van der Waals surface area (Å²) in [5.41, 5.74) is 3.62. The van der Waals surface area contributed by atoms with Gasteiger partial charge in [0.25, 0.3) is 5.91 Å². The third kappa shape index (κ3) is 4.38. The predicted molar refractivity (Wildman–Crippen MR) is 125 cm³/mol. The summed E-state index contributed by atoms with van der Waals surface area (Å²) in [6.07, 6.45) is 0.185. The number of piperazine rings is 1. The number of hydrazine groups is 1. The van der Waals surface area contributed by atoms with Gasteiger partial charge in [0.05, 0.1) is 23.8 Å². The summed E-state index contributed by atoms with van der Waals surface area (Å²) < 4.78 is 0. The number of urea groups is 1. The van der Waals surface area contributed by atoms with E-state index in [0.29, 0.717) is 22.2 Å². The first-order valence-corrected chi connectivity index (χ1v) is 11.6. The van der Waals surface area contributed by atoms with Gasteiger partial charge >= 0.3 is 6.03 Å². The first kappa shape index (κ1) is 22.0. The Bertz CT molecular complexity index is 1130. The number of anilines is 1. The molecule has 2 aromatic carbocycles. The zero-order valence-corrected chi connectivity index (χ0v) is 19.4. The van der Waals surface area contributed by atoms with Crippen molar-refractivity contribution in [2.45, 2.75) is 19.5 Å². The van der Waals surface area contributed by atoms with E-state index in [1.807, 2.05) is 30.3 Å². The third-order valence-electron chi connectivity index (χ3n) is 6.31. The van der Waals surface area contributed by atoms with Crippen LogP contribution in [0, 0.1) is 0 Å². The highest BCUT2D eigenvalue weighted by atomic mass is 35.5. The summed E-state index contributed by atoms with van der Waals surface area (Å²) in [7, 11) is 0. The van der Waals surface area contributed by atoms with Crippen LogP contribution < -0.4 is 10.2 Å². The van der Waals surface area contributed by atoms with Crippen LogP contribution in [0.5, 0.6) is 0 Å². The molecule has 0 aliphatic carbocycles. The Labute approximate surface area is 201 Å². The number of hydrogen-bond donors (Lipinski definition) is 1. The molecule has 0 aromatic heterocycles. The zero-order chi connectivity index (χ0) is 23.1. The SMILES string of the molecule is O=C1CCN(N2Cc3cc(CN4CCN(c5ccc(Cl)cc5Cl)CC4)ccc3C2=O)C(=O)N1. The Kier molecular flexibility index (Phi) is 5.90. The van der Waals surface area contributed by atoms with E-state index in [-0.39, 0.29) is 24.8 Å². The van der Waals surface area contributed by atoms with Crippen LogP contribution in [0.4, 0.5) is 10.5 Å². The number of fused-ring (bicyclic) bond motifs is 1. The highest BCUT2D eigenvalue weighted by Gasteiger charge is 2.37. The van der Waals surface area contributed by atoms with Crippen molar-refractivity contribution in [3.05, 3.63) is 63.1 Å². The standard InChI is InChI=1S/C23H23Cl2N5O3/c24-17-2-4-20(19(25)12-17)28-9-7-27(8-10-28)13-15-1-3-18-16(11-15)14-30(22(18)32)29-6-5-21(31)26-23(29)33/h1-4,11-12H,5-10,13-14H2,(H,26,31,33). The number of nitrogens with zero attached hydrogens (tertiary/aromatic N) is 4. The average molecular weight is 488 g/mol. The van der Waals surface area contributed by atoms with E-state index in [0.717, 1.165) is 49.5 Å². The summed E-state index contributed by atoms with van der Waals surface area (Å²) in [5.74, 6) is -0.532. The molecule has 3 aliphatic rings. The number of amides is 4. The number of imide groups is 1. The lowest BCUT2D eigenvalue weighted by Crippen LogP contribution is -2.56. The molecule has 2 saturated heterocycles. The van der Waals surface area contributed by atoms with Crippen LogP contribution in [0.1, 0.15) is 27.9 Å². The maximum Gasteiger partial charge on any atom is 0.342 e. The second-order valence-electron chi connectivity index (χ2n) is 8.44. The summed E-state index contributed by atoms with van der Waals surface area (Å²) in [6.45, 7) is 4.82. The number of carbonyl (C=O) groups is 3. The molecule has 2 fully saturated rings. The number of halogens is 2. The van der Waals surface area contributed by atoms with Crippen molar-refractivity contribution in [3.63, 3.8) is 0 Å². The molecule has 5 rings (SSSR count). The van der Waals surface area contributed by atoms with Gasteiger partial charge in [-0.1, -0.05) is 35.3 Å². The van der Waals surface area contributed by atoms with Crippen molar-refractivity contribution in [2.75, 3.05) is 37.6 Å². The Morgan fingerprint density at radius 3 is 2.39 bits per heavy atom. The van der Waals surface area contributed by atoms with Crippen LogP contribution in [0.25, 0.3) is 0 Å². The molecule has 1 N–H and O–H groups in total. The second kappa shape index (κ2) is 8.85. The number of benzene rings is 2. The van der Waals surface area contributed by atoms with Gasteiger partial charge in [0.15, 0.2) is 0 Å². The maximum atomic E-state index is 12.8. The average Bonchev–Trinajstić information content (AvgIpc) is 3.10. The Morgan fingerprint density at radius 1 is 0.879 bits per heavy atom. The van der Waals surface area contributed by atoms with Crippen molar-refractivity contribution in [1.29, 1.82) is 0 Å². The van der Waals surface area contributed by atoms with Gasteiger partial charge in [-0.05, 0) is 35.4 Å². The minimum Gasteiger partial charge on any atom is -0.368 e. The predicted octanol–water partition coefficient (Wildman–Crippen LogP) is 3.13. The van der Waals surface area contributed by atoms with E-state index in [1.54, 1.807) is 6.07 Å². The van der Waals surface area contributed by atoms with E-state index in [1.165, 1.54) is 10.0 Å². The van der Waals surface area contributed by atoms with Gasteiger partial charge in [-0.3, -0.25) is 19.8 Å². The van der Waals surface area contributed by atoms with Crippen LogP contribution >= 0.6 is 23.2 Å². The molecule has 0 unspecified atom stereocenters. The first-order chi connectivity index (χ1) is 15.9. The quantitative estimate of drug-likeness (QED) is 0.716. The van der Waals surface area contributed by atoms with E-state index < -0.39 is 6.03 Å². The van der Waals surface area contributed by atoms with Crippen molar-refractivity contribution >= 4 is 46.7 Å². The number of nitrogens with one attached hydrogen (secondary N) is 1. The molecule has 3 heterocycles. The van der Waals surface area contributed by atoms with Crippen molar-refractivity contribution < 1.29 is 14.4 Å². The van der Waals surface area contributed by atoms with Crippen LogP contribution in [-0.4, -0.2) is 65.5 Å². The summed E-state index contributed by atoms with van der Waals surface area (Å²) in [4.78, 5) is 41.0. The lowest BCUT2D eigenvalue weighted by molar-refractivity contribution is -0.123. The largest absolute Gasteiger partial charge is 0.368 e. The first-order valence-electron chi connectivity index (χ1n) is 10.9. The minimum absolute atomic E-state index is 0.185. The molecule has 10 heteroatoms. The number of hydrogen-bond acceptors (Lipinski definition) is 5. The molecule has 0 atom stereocenters. The molecular formula is C23H23Cl2N5O3. The van der Waals surface area contributed by atoms with E-state index in [9.17, 15) is 14.4 Å². The van der Waals surface area contributed by atoms with E-state index in [4.69, 9.17) is 23.2 Å². The van der Waals surface area contributed by atoms with Crippen LogP contribution in [-0.2, 0) is 17.9 Å². The topological polar surface area (TPSA) is 76.2 Å². The fraction of sp³-hybridized carbons (Fsp3) is 0.348. The van der Waals surface area contributed by atoms with Crippen molar-refractivity contribution in [3.8, 4) is 0 Å². The summed E-state index contributed by atoms with van der Waals surface area (Å²) >= 11 is 12.4. The second-order valence-corrected chi connectivity index (χ2v) is 9.28. The van der Waals surface area contributed by atoms with Crippen molar-refractivity contribution in [1.82, 2.24) is 20.2 Å². The van der Waals surface area contributed by atoms with Gasteiger partial charge < -0.3 is 4.90 Å². The fourth-order valence-electron chi connectivity index (χ4n) is 4.58. The van der Waals surface area contributed by atoms with Gasteiger partial charge in [0.1, 0.15) is 0 Å².